The number of carbonyl (C=O) groups is 1. The number of amides is 1. The van der Waals surface area contributed by atoms with Crippen LogP contribution in [-0.4, -0.2) is 53.5 Å². The van der Waals surface area contributed by atoms with Crippen molar-refractivity contribution in [2.24, 2.45) is 0 Å². The minimum Gasteiger partial charge on any atom is -0.389 e. The van der Waals surface area contributed by atoms with Crippen LogP contribution in [0.5, 0.6) is 0 Å². The van der Waals surface area contributed by atoms with Crippen molar-refractivity contribution in [1.82, 2.24) is 10.1 Å². The zero-order valence-electron chi connectivity index (χ0n) is 10.8. The van der Waals surface area contributed by atoms with E-state index in [0.717, 1.165) is 37.0 Å². The van der Waals surface area contributed by atoms with Crippen molar-refractivity contribution in [3.05, 3.63) is 17.0 Å². The molecule has 104 valence electrons. The lowest BCUT2D eigenvalue weighted by Gasteiger charge is -2.20. The molecule has 1 fully saturated rings. The summed E-state index contributed by atoms with van der Waals surface area (Å²) in [5, 5.41) is 13.6. The summed E-state index contributed by atoms with van der Waals surface area (Å²) in [5.41, 5.74) is 1.37. The minimum atomic E-state index is -0.630. The number of aliphatic hydroxyl groups is 1. The monoisotopic (exact) mass is 266 g/mol. The lowest BCUT2D eigenvalue weighted by atomic mass is 9.96. The van der Waals surface area contributed by atoms with Crippen LogP contribution in [0.15, 0.2) is 4.52 Å². The summed E-state index contributed by atoms with van der Waals surface area (Å²) in [5.74, 6) is 0.692. The van der Waals surface area contributed by atoms with Gasteiger partial charge in [-0.2, -0.15) is 0 Å². The van der Waals surface area contributed by atoms with Crippen LogP contribution >= 0.6 is 0 Å². The van der Waals surface area contributed by atoms with E-state index in [9.17, 15) is 9.90 Å². The first-order valence-electron chi connectivity index (χ1n) is 6.78. The summed E-state index contributed by atoms with van der Waals surface area (Å²) in [6.45, 7) is 1.50. The van der Waals surface area contributed by atoms with E-state index in [1.807, 2.05) is 0 Å². The Morgan fingerprint density at radius 3 is 3.11 bits per heavy atom. The molecule has 2 heterocycles. The van der Waals surface area contributed by atoms with E-state index in [4.69, 9.17) is 9.26 Å². The van der Waals surface area contributed by atoms with Crippen LogP contribution in [0.4, 0.5) is 0 Å². The van der Waals surface area contributed by atoms with Crippen molar-refractivity contribution in [2.75, 3.05) is 26.3 Å². The van der Waals surface area contributed by atoms with Gasteiger partial charge in [0.25, 0.3) is 5.91 Å². The number of aliphatic hydroxyl groups excluding tert-OH is 1. The number of carbonyl (C=O) groups excluding carboxylic acids is 1. The number of ether oxygens (including phenoxy) is 1. The minimum absolute atomic E-state index is 0.156. The van der Waals surface area contributed by atoms with E-state index in [1.165, 1.54) is 0 Å². The molecule has 0 spiro atoms. The van der Waals surface area contributed by atoms with E-state index >= 15 is 0 Å². The molecule has 0 aromatic carbocycles. The van der Waals surface area contributed by atoms with Crippen LogP contribution in [0, 0.1) is 0 Å². The number of β-amino-alcohol motifs (C(OH)–C–C–N with tert-alkyl or cyclic N) is 1. The Labute approximate surface area is 111 Å². The van der Waals surface area contributed by atoms with Crippen molar-refractivity contribution < 1.29 is 19.2 Å². The fourth-order valence-electron chi connectivity index (χ4n) is 2.68. The summed E-state index contributed by atoms with van der Waals surface area (Å²) in [4.78, 5) is 14.1. The third-order valence-corrected chi connectivity index (χ3v) is 3.69. The second kappa shape index (κ2) is 5.30. The van der Waals surface area contributed by atoms with Crippen LogP contribution in [0.25, 0.3) is 0 Å². The Hall–Kier alpha value is -1.40. The van der Waals surface area contributed by atoms with Gasteiger partial charge < -0.3 is 19.3 Å². The van der Waals surface area contributed by atoms with Crippen molar-refractivity contribution in [1.29, 1.82) is 0 Å². The predicted octanol–water partition coefficient (Wildman–Crippen LogP) is 0.387. The van der Waals surface area contributed by atoms with Crippen LogP contribution < -0.4 is 0 Å². The average molecular weight is 266 g/mol. The van der Waals surface area contributed by atoms with Gasteiger partial charge in [-0.15, -0.1) is 0 Å². The normalized spacial score (nSPS) is 23.8. The highest BCUT2D eigenvalue weighted by atomic mass is 16.5. The molecule has 1 aromatic heterocycles. The molecule has 0 radical (unpaired) electrons. The quantitative estimate of drug-likeness (QED) is 0.795. The maximum atomic E-state index is 12.5. The van der Waals surface area contributed by atoms with Crippen molar-refractivity contribution in [3.63, 3.8) is 0 Å². The van der Waals surface area contributed by atoms with E-state index in [-0.39, 0.29) is 12.5 Å². The molecular weight excluding hydrogens is 248 g/mol. The fourth-order valence-corrected chi connectivity index (χ4v) is 2.68. The molecule has 1 saturated heterocycles. The van der Waals surface area contributed by atoms with E-state index < -0.39 is 6.10 Å². The standard InChI is InChI=1S/C13H18N2O4/c16-9-7-15(5-6-18-8-9)13(17)12-10-3-1-2-4-11(10)19-14-12/h9,16H,1-8H2/t9-/m0/s1. The highest BCUT2D eigenvalue weighted by Gasteiger charge is 2.29. The molecule has 0 unspecified atom stereocenters. The number of fused-ring (bicyclic) bond motifs is 1. The molecule has 1 aromatic rings. The molecule has 1 aliphatic heterocycles. The Morgan fingerprint density at radius 2 is 2.21 bits per heavy atom. The van der Waals surface area contributed by atoms with Gasteiger partial charge in [-0.1, -0.05) is 5.16 Å². The SMILES string of the molecule is O=C(c1noc2c1CCCC2)N1CCOC[C@@H](O)C1. The molecule has 1 aliphatic carbocycles. The van der Waals surface area contributed by atoms with Crippen molar-refractivity contribution >= 4 is 5.91 Å². The van der Waals surface area contributed by atoms with Gasteiger partial charge in [-0.05, 0) is 19.3 Å². The number of hydrogen-bond acceptors (Lipinski definition) is 5. The summed E-state index contributed by atoms with van der Waals surface area (Å²) in [6, 6.07) is 0. The lowest BCUT2D eigenvalue weighted by Crippen LogP contribution is -2.38. The molecule has 1 atom stereocenters. The molecule has 19 heavy (non-hydrogen) atoms. The molecule has 2 aliphatic rings. The Morgan fingerprint density at radius 1 is 1.37 bits per heavy atom. The molecule has 1 amide bonds. The highest BCUT2D eigenvalue weighted by molar-refractivity contribution is 5.94. The summed E-state index contributed by atoms with van der Waals surface area (Å²) < 4.78 is 10.5. The fraction of sp³-hybridized carbons (Fsp3) is 0.692. The predicted molar refractivity (Wildman–Crippen MR) is 65.9 cm³/mol. The molecule has 6 heteroatoms. The largest absolute Gasteiger partial charge is 0.389 e. The average Bonchev–Trinajstić information content (AvgIpc) is 2.73. The van der Waals surface area contributed by atoms with Gasteiger partial charge in [0.05, 0.1) is 19.3 Å². The van der Waals surface area contributed by atoms with Gasteiger partial charge in [-0.25, -0.2) is 0 Å². The third-order valence-electron chi connectivity index (χ3n) is 3.69. The summed E-state index contributed by atoms with van der Waals surface area (Å²) in [6.07, 6.45) is 3.25. The van der Waals surface area contributed by atoms with Gasteiger partial charge in [0.2, 0.25) is 0 Å². The second-order valence-corrected chi connectivity index (χ2v) is 5.12. The van der Waals surface area contributed by atoms with Crippen LogP contribution in [-0.2, 0) is 17.6 Å². The number of hydrogen-bond donors (Lipinski definition) is 1. The molecule has 0 bridgehead atoms. The summed E-state index contributed by atoms with van der Waals surface area (Å²) in [7, 11) is 0. The van der Waals surface area contributed by atoms with Crippen molar-refractivity contribution in [3.8, 4) is 0 Å². The molecular formula is C13H18N2O4. The highest BCUT2D eigenvalue weighted by Crippen LogP contribution is 2.25. The van der Waals surface area contributed by atoms with E-state index in [1.54, 1.807) is 4.90 Å². The first-order chi connectivity index (χ1) is 9.25. The van der Waals surface area contributed by atoms with Crippen molar-refractivity contribution in [2.45, 2.75) is 31.8 Å². The number of aryl methyl sites for hydroxylation is 1. The zero-order chi connectivity index (χ0) is 13.2. The Balaban J connectivity index is 1.81. The maximum Gasteiger partial charge on any atom is 0.276 e. The maximum absolute atomic E-state index is 12.5. The Bertz CT molecular complexity index is 471. The van der Waals surface area contributed by atoms with Gasteiger partial charge in [0, 0.05) is 25.1 Å². The van der Waals surface area contributed by atoms with Gasteiger partial charge in [-0.3, -0.25) is 4.79 Å². The van der Waals surface area contributed by atoms with E-state index in [0.29, 0.717) is 25.4 Å². The second-order valence-electron chi connectivity index (χ2n) is 5.12. The summed E-state index contributed by atoms with van der Waals surface area (Å²) >= 11 is 0. The molecule has 0 saturated carbocycles. The molecule has 3 rings (SSSR count). The van der Waals surface area contributed by atoms with Crippen LogP contribution in [0.2, 0.25) is 0 Å². The first kappa shape index (κ1) is 12.6. The van der Waals surface area contributed by atoms with E-state index in [2.05, 4.69) is 5.16 Å². The van der Waals surface area contributed by atoms with Gasteiger partial charge >= 0.3 is 0 Å². The lowest BCUT2D eigenvalue weighted by molar-refractivity contribution is 0.0531. The van der Waals surface area contributed by atoms with Crippen LogP contribution in [0.1, 0.15) is 34.7 Å². The molecule has 6 nitrogen and oxygen atoms in total. The topological polar surface area (TPSA) is 75.8 Å². The number of nitrogens with zero attached hydrogens (tertiary/aromatic N) is 2. The number of rotatable bonds is 1. The molecule has 1 N–H and O–H groups in total. The zero-order valence-corrected chi connectivity index (χ0v) is 10.8. The van der Waals surface area contributed by atoms with Gasteiger partial charge in [0.15, 0.2) is 5.69 Å². The first-order valence-corrected chi connectivity index (χ1v) is 6.78. The van der Waals surface area contributed by atoms with Gasteiger partial charge in [0.1, 0.15) is 5.76 Å². The van der Waals surface area contributed by atoms with Crippen LogP contribution in [0.3, 0.4) is 0 Å². The Kier molecular flexibility index (Phi) is 3.52. The number of aromatic nitrogens is 1. The third kappa shape index (κ3) is 2.50. The smallest absolute Gasteiger partial charge is 0.276 e.